The van der Waals surface area contributed by atoms with Gasteiger partial charge < -0.3 is 14.8 Å². The third kappa shape index (κ3) is 2.62. The summed E-state index contributed by atoms with van der Waals surface area (Å²) in [5, 5.41) is 5.79. The van der Waals surface area contributed by atoms with E-state index in [1.165, 1.54) is 0 Å². The van der Waals surface area contributed by atoms with E-state index in [-0.39, 0.29) is 5.54 Å². The molecule has 0 atom stereocenters. The second kappa shape index (κ2) is 5.43. The number of pyridine rings is 1. The zero-order valence-corrected chi connectivity index (χ0v) is 12.9. The molecule has 1 N–H and O–H groups in total. The first-order valence-electron chi connectivity index (χ1n) is 7.62. The smallest absolute Gasteiger partial charge is 0.162 e. The Morgan fingerprint density at radius 2 is 1.81 bits per heavy atom. The molecule has 3 rings (SSSR count). The molecule has 0 spiro atoms. The lowest BCUT2D eigenvalue weighted by molar-refractivity contribution is 0.172. The molecule has 2 heterocycles. The molecule has 1 aliphatic rings. The van der Waals surface area contributed by atoms with Crippen molar-refractivity contribution < 1.29 is 9.47 Å². The second-order valence-electron chi connectivity index (χ2n) is 5.77. The summed E-state index contributed by atoms with van der Waals surface area (Å²) < 4.78 is 11.3. The number of ether oxygens (including phenoxy) is 2. The lowest BCUT2D eigenvalue weighted by atomic mass is 9.95. The number of aromatic nitrogens is 1. The normalized spacial score (nSPS) is 14.2. The van der Waals surface area contributed by atoms with Crippen LogP contribution >= 0.6 is 0 Å². The molecule has 0 saturated carbocycles. The van der Waals surface area contributed by atoms with E-state index in [0.29, 0.717) is 13.2 Å². The minimum atomic E-state index is 0.0501. The zero-order chi connectivity index (χ0) is 14.9. The van der Waals surface area contributed by atoms with E-state index in [0.717, 1.165) is 40.9 Å². The van der Waals surface area contributed by atoms with Crippen molar-refractivity contribution in [3.63, 3.8) is 0 Å². The summed E-state index contributed by atoms with van der Waals surface area (Å²) in [5.41, 5.74) is 0.0501. The molecule has 0 radical (unpaired) electrons. The Labute approximate surface area is 125 Å². The Hall–Kier alpha value is -1.97. The van der Waals surface area contributed by atoms with Gasteiger partial charge in [-0.15, -0.1) is 0 Å². The van der Waals surface area contributed by atoms with Crippen LogP contribution in [0.25, 0.3) is 10.8 Å². The SMILES string of the molecule is CCC(C)(CC)Nc1nccc2cc3c(cc12)OCCO3. The van der Waals surface area contributed by atoms with Crippen LogP contribution in [0.15, 0.2) is 24.4 Å². The predicted octanol–water partition coefficient (Wildman–Crippen LogP) is 4.00. The van der Waals surface area contributed by atoms with Gasteiger partial charge in [0.05, 0.1) is 0 Å². The van der Waals surface area contributed by atoms with E-state index >= 15 is 0 Å². The van der Waals surface area contributed by atoms with Gasteiger partial charge >= 0.3 is 0 Å². The van der Waals surface area contributed by atoms with Gasteiger partial charge in [-0.25, -0.2) is 4.98 Å². The summed E-state index contributed by atoms with van der Waals surface area (Å²) in [7, 11) is 0. The predicted molar refractivity (Wildman–Crippen MR) is 85.3 cm³/mol. The molecule has 4 heteroatoms. The van der Waals surface area contributed by atoms with Crippen LogP contribution in [-0.4, -0.2) is 23.7 Å². The lowest BCUT2D eigenvalue weighted by Crippen LogP contribution is -2.33. The van der Waals surface area contributed by atoms with Gasteiger partial charge in [-0.1, -0.05) is 13.8 Å². The van der Waals surface area contributed by atoms with Crippen LogP contribution in [0, 0.1) is 0 Å². The van der Waals surface area contributed by atoms with Crippen LogP contribution in [0.3, 0.4) is 0 Å². The average Bonchev–Trinajstić information content (AvgIpc) is 2.53. The Morgan fingerprint density at radius 3 is 2.48 bits per heavy atom. The topological polar surface area (TPSA) is 43.4 Å². The molecular weight excluding hydrogens is 264 g/mol. The van der Waals surface area contributed by atoms with E-state index in [1.54, 1.807) is 0 Å². The Kier molecular flexibility index (Phi) is 3.62. The van der Waals surface area contributed by atoms with Gasteiger partial charge in [-0.3, -0.25) is 0 Å². The van der Waals surface area contributed by atoms with Gasteiger partial charge in [-0.05, 0) is 43.4 Å². The summed E-state index contributed by atoms with van der Waals surface area (Å²) in [6.45, 7) is 7.83. The first-order valence-corrected chi connectivity index (χ1v) is 7.62. The van der Waals surface area contributed by atoms with Crippen molar-refractivity contribution in [2.45, 2.75) is 39.2 Å². The minimum absolute atomic E-state index is 0.0501. The van der Waals surface area contributed by atoms with Crippen LogP contribution in [0.5, 0.6) is 11.5 Å². The summed E-state index contributed by atoms with van der Waals surface area (Å²) in [6.07, 6.45) is 3.94. The van der Waals surface area contributed by atoms with Gasteiger partial charge in [0.25, 0.3) is 0 Å². The van der Waals surface area contributed by atoms with E-state index in [2.05, 4.69) is 31.1 Å². The first kappa shape index (κ1) is 14.0. The number of hydrogen-bond donors (Lipinski definition) is 1. The molecule has 0 amide bonds. The lowest BCUT2D eigenvalue weighted by Gasteiger charge is -2.29. The number of benzene rings is 1. The highest BCUT2D eigenvalue weighted by molar-refractivity contribution is 5.94. The molecular formula is C17H22N2O2. The maximum absolute atomic E-state index is 5.69. The van der Waals surface area contributed by atoms with Crippen molar-refractivity contribution >= 4 is 16.6 Å². The highest BCUT2D eigenvalue weighted by Crippen LogP contribution is 2.37. The molecule has 0 saturated heterocycles. The fourth-order valence-corrected chi connectivity index (χ4v) is 2.52. The van der Waals surface area contributed by atoms with E-state index in [9.17, 15) is 0 Å². The standard InChI is InChI=1S/C17H22N2O2/c1-4-17(3,5-2)19-16-13-11-15-14(20-8-9-21-15)10-12(13)6-7-18-16/h6-7,10-11H,4-5,8-9H2,1-3H3,(H,18,19). The van der Waals surface area contributed by atoms with Crippen molar-refractivity contribution in [2.24, 2.45) is 0 Å². The Bertz CT molecular complexity index is 651. The Morgan fingerprint density at radius 1 is 1.14 bits per heavy atom. The Balaban J connectivity index is 2.07. The minimum Gasteiger partial charge on any atom is -0.486 e. The fraction of sp³-hybridized carbons (Fsp3) is 0.471. The van der Waals surface area contributed by atoms with Crippen LogP contribution in [-0.2, 0) is 0 Å². The van der Waals surface area contributed by atoms with Crippen molar-refractivity contribution in [3.05, 3.63) is 24.4 Å². The summed E-state index contributed by atoms with van der Waals surface area (Å²) in [6, 6.07) is 6.07. The van der Waals surface area contributed by atoms with E-state index in [1.807, 2.05) is 24.4 Å². The number of nitrogens with one attached hydrogen (secondary N) is 1. The molecule has 2 aromatic rings. The fourth-order valence-electron chi connectivity index (χ4n) is 2.52. The first-order chi connectivity index (χ1) is 10.1. The summed E-state index contributed by atoms with van der Waals surface area (Å²) in [4.78, 5) is 4.53. The third-order valence-corrected chi connectivity index (χ3v) is 4.41. The van der Waals surface area contributed by atoms with Crippen LogP contribution in [0.2, 0.25) is 0 Å². The zero-order valence-electron chi connectivity index (χ0n) is 12.9. The second-order valence-corrected chi connectivity index (χ2v) is 5.77. The number of anilines is 1. The largest absolute Gasteiger partial charge is 0.486 e. The maximum atomic E-state index is 5.69. The molecule has 0 aliphatic carbocycles. The van der Waals surface area contributed by atoms with Gasteiger partial charge in [0, 0.05) is 17.1 Å². The van der Waals surface area contributed by atoms with Crippen LogP contribution < -0.4 is 14.8 Å². The summed E-state index contributed by atoms with van der Waals surface area (Å²) >= 11 is 0. The molecule has 0 bridgehead atoms. The molecule has 4 nitrogen and oxygen atoms in total. The monoisotopic (exact) mass is 286 g/mol. The molecule has 0 unspecified atom stereocenters. The molecule has 112 valence electrons. The van der Waals surface area contributed by atoms with Crippen LogP contribution in [0.4, 0.5) is 5.82 Å². The maximum Gasteiger partial charge on any atom is 0.162 e. The van der Waals surface area contributed by atoms with E-state index < -0.39 is 0 Å². The number of fused-ring (bicyclic) bond motifs is 2. The number of nitrogens with zero attached hydrogens (tertiary/aromatic N) is 1. The van der Waals surface area contributed by atoms with Gasteiger partial charge in [0.2, 0.25) is 0 Å². The molecule has 1 aromatic heterocycles. The number of rotatable bonds is 4. The molecule has 0 fully saturated rings. The molecule has 1 aromatic carbocycles. The molecule has 21 heavy (non-hydrogen) atoms. The quantitative estimate of drug-likeness (QED) is 0.922. The van der Waals surface area contributed by atoms with Crippen molar-refractivity contribution in [2.75, 3.05) is 18.5 Å². The van der Waals surface area contributed by atoms with Crippen molar-refractivity contribution in [1.29, 1.82) is 0 Å². The van der Waals surface area contributed by atoms with E-state index in [4.69, 9.17) is 9.47 Å². The van der Waals surface area contributed by atoms with Crippen molar-refractivity contribution in [3.8, 4) is 11.5 Å². The highest BCUT2D eigenvalue weighted by Gasteiger charge is 2.21. The van der Waals surface area contributed by atoms with Gasteiger partial charge in [0.15, 0.2) is 11.5 Å². The third-order valence-electron chi connectivity index (χ3n) is 4.41. The number of hydrogen-bond acceptors (Lipinski definition) is 4. The molecule has 1 aliphatic heterocycles. The van der Waals surface area contributed by atoms with Gasteiger partial charge in [-0.2, -0.15) is 0 Å². The van der Waals surface area contributed by atoms with Crippen LogP contribution in [0.1, 0.15) is 33.6 Å². The van der Waals surface area contributed by atoms with Crippen molar-refractivity contribution in [1.82, 2.24) is 4.98 Å². The highest BCUT2D eigenvalue weighted by atomic mass is 16.6. The van der Waals surface area contributed by atoms with Gasteiger partial charge in [0.1, 0.15) is 19.0 Å². The average molecular weight is 286 g/mol. The summed E-state index contributed by atoms with van der Waals surface area (Å²) in [5.74, 6) is 2.54.